The van der Waals surface area contributed by atoms with Crippen molar-refractivity contribution in [3.63, 3.8) is 0 Å². The molecule has 7 nitrogen and oxygen atoms in total. The minimum Gasteiger partial charge on any atom is -0.394 e. The van der Waals surface area contributed by atoms with Crippen molar-refractivity contribution in [1.29, 1.82) is 0 Å². The number of sulfonamides is 1. The molecule has 0 aromatic heterocycles. The first kappa shape index (κ1) is 17.4. The zero-order valence-electron chi connectivity index (χ0n) is 12.0. The Kier molecular flexibility index (Phi) is 6.38. The van der Waals surface area contributed by atoms with Crippen LogP contribution in [0.15, 0.2) is 0 Å². The van der Waals surface area contributed by atoms with E-state index in [0.29, 0.717) is 32.5 Å². The van der Waals surface area contributed by atoms with Gasteiger partial charge in [-0.25, -0.2) is 13.1 Å². The maximum absolute atomic E-state index is 12.1. The number of carbonyl (C=O) groups excluding carboxylic acids is 1. The number of hydrogen-bond acceptors (Lipinski definition) is 5. The molecule has 1 saturated heterocycles. The lowest BCUT2D eigenvalue weighted by molar-refractivity contribution is -0.126. The molecule has 1 fully saturated rings. The number of aliphatic hydroxyl groups is 1. The molecule has 1 atom stereocenters. The van der Waals surface area contributed by atoms with Crippen LogP contribution in [0.2, 0.25) is 0 Å². The molecule has 1 aliphatic rings. The van der Waals surface area contributed by atoms with Crippen LogP contribution in [0.4, 0.5) is 0 Å². The minimum atomic E-state index is -3.44. The Morgan fingerprint density at radius 1 is 1.40 bits per heavy atom. The molecular weight excluding hydrogens is 284 g/mol. The van der Waals surface area contributed by atoms with E-state index >= 15 is 0 Å². The van der Waals surface area contributed by atoms with Crippen LogP contribution in [0.25, 0.3) is 0 Å². The topological polar surface area (TPSA) is 105 Å². The summed E-state index contributed by atoms with van der Waals surface area (Å²) in [6.07, 6.45) is 1.52. The Balaban J connectivity index is 2.60. The quantitative estimate of drug-likeness (QED) is 0.580. The Morgan fingerprint density at radius 3 is 2.50 bits per heavy atom. The second kappa shape index (κ2) is 7.35. The molecule has 0 aromatic rings. The van der Waals surface area contributed by atoms with Crippen molar-refractivity contribution in [2.45, 2.75) is 44.7 Å². The minimum absolute atomic E-state index is 0.0103. The lowest BCUT2D eigenvalue weighted by atomic mass is 9.90. The summed E-state index contributed by atoms with van der Waals surface area (Å²) < 4.78 is 30.8. The van der Waals surface area contributed by atoms with Gasteiger partial charge in [0.1, 0.15) is 0 Å². The SMILES string of the molecule is CCCS(=O)(=O)NC(C)C(=O)NC1(CO)CCOCC1. The van der Waals surface area contributed by atoms with Crippen LogP contribution in [-0.4, -0.2) is 56.6 Å². The third-order valence-corrected chi connectivity index (χ3v) is 5.02. The van der Waals surface area contributed by atoms with Gasteiger partial charge in [-0.1, -0.05) is 6.92 Å². The van der Waals surface area contributed by atoms with Crippen molar-refractivity contribution in [1.82, 2.24) is 10.0 Å². The predicted molar refractivity (Wildman–Crippen MR) is 74.7 cm³/mol. The average Bonchev–Trinajstić information content (AvgIpc) is 2.39. The molecule has 0 bridgehead atoms. The number of nitrogens with one attached hydrogen (secondary N) is 2. The van der Waals surface area contributed by atoms with Crippen molar-refractivity contribution in [2.24, 2.45) is 0 Å². The highest BCUT2D eigenvalue weighted by atomic mass is 32.2. The summed E-state index contributed by atoms with van der Waals surface area (Å²) in [6, 6.07) is -0.863. The summed E-state index contributed by atoms with van der Waals surface area (Å²) in [5, 5.41) is 12.2. The highest BCUT2D eigenvalue weighted by Gasteiger charge is 2.35. The van der Waals surface area contributed by atoms with Crippen LogP contribution >= 0.6 is 0 Å². The summed E-state index contributed by atoms with van der Waals surface area (Å²) in [5.41, 5.74) is -0.709. The van der Waals surface area contributed by atoms with Gasteiger partial charge in [-0.05, 0) is 26.2 Å². The molecule has 0 spiro atoms. The zero-order valence-corrected chi connectivity index (χ0v) is 12.8. The first-order chi connectivity index (χ1) is 9.34. The van der Waals surface area contributed by atoms with Crippen LogP contribution in [0.5, 0.6) is 0 Å². The largest absolute Gasteiger partial charge is 0.394 e. The smallest absolute Gasteiger partial charge is 0.238 e. The molecule has 1 heterocycles. The van der Waals surface area contributed by atoms with Gasteiger partial charge >= 0.3 is 0 Å². The molecule has 20 heavy (non-hydrogen) atoms. The van der Waals surface area contributed by atoms with Crippen LogP contribution < -0.4 is 10.0 Å². The highest BCUT2D eigenvalue weighted by Crippen LogP contribution is 2.20. The average molecular weight is 308 g/mol. The Morgan fingerprint density at radius 2 is 2.00 bits per heavy atom. The number of hydrogen-bond donors (Lipinski definition) is 3. The number of amides is 1. The van der Waals surface area contributed by atoms with Gasteiger partial charge in [-0.15, -0.1) is 0 Å². The standard InChI is InChI=1S/C12H24N2O5S/c1-3-8-20(17,18)14-10(2)11(16)13-12(9-15)4-6-19-7-5-12/h10,14-15H,3-9H2,1-2H3,(H,13,16). The van der Waals surface area contributed by atoms with E-state index in [2.05, 4.69) is 10.0 Å². The predicted octanol–water partition coefficient (Wildman–Crippen LogP) is -0.638. The fourth-order valence-electron chi connectivity index (χ4n) is 2.10. The summed E-state index contributed by atoms with van der Waals surface area (Å²) in [7, 11) is -3.44. The van der Waals surface area contributed by atoms with Gasteiger partial charge in [-0.3, -0.25) is 4.79 Å². The normalized spacial score (nSPS) is 20.4. The lowest BCUT2D eigenvalue weighted by Crippen LogP contribution is -2.58. The molecule has 0 radical (unpaired) electrons. The first-order valence-corrected chi connectivity index (χ1v) is 8.50. The summed E-state index contributed by atoms with van der Waals surface area (Å²) in [6.45, 7) is 4.00. The molecule has 0 saturated carbocycles. The second-order valence-corrected chi connectivity index (χ2v) is 7.07. The van der Waals surface area contributed by atoms with Crippen LogP contribution in [0.1, 0.15) is 33.1 Å². The van der Waals surface area contributed by atoms with Gasteiger partial charge in [0.05, 0.1) is 23.9 Å². The van der Waals surface area contributed by atoms with E-state index in [9.17, 15) is 18.3 Å². The van der Waals surface area contributed by atoms with Gasteiger partial charge in [0, 0.05) is 13.2 Å². The van der Waals surface area contributed by atoms with Crippen LogP contribution in [0, 0.1) is 0 Å². The molecule has 3 N–H and O–H groups in total. The van der Waals surface area contributed by atoms with E-state index < -0.39 is 27.5 Å². The number of carbonyl (C=O) groups is 1. The monoisotopic (exact) mass is 308 g/mol. The van der Waals surface area contributed by atoms with Gasteiger partial charge in [-0.2, -0.15) is 0 Å². The van der Waals surface area contributed by atoms with Crippen LogP contribution in [-0.2, 0) is 19.6 Å². The molecule has 0 aromatic carbocycles. The van der Waals surface area contributed by atoms with E-state index in [4.69, 9.17) is 4.74 Å². The number of aliphatic hydroxyl groups excluding tert-OH is 1. The zero-order chi connectivity index (χ0) is 15.2. The molecule has 118 valence electrons. The maximum atomic E-state index is 12.1. The fourth-order valence-corrected chi connectivity index (χ4v) is 3.41. The van der Waals surface area contributed by atoms with Crippen molar-refractivity contribution in [3.05, 3.63) is 0 Å². The molecule has 1 rings (SSSR count). The molecule has 1 unspecified atom stereocenters. The summed E-state index contributed by atoms with van der Waals surface area (Å²) in [4.78, 5) is 12.1. The highest BCUT2D eigenvalue weighted by molar-refractivity contribution is 7.89. The summed E-state index contributed by atoms with van der Waals surface area (Å²) >= 11 is 0. The molecule has 1 amide bonds. The fraction of sp³-hybridized carbons (Fsp3) is 0.917. The van der Waals surface area contributed by atoms with E-state index in [1.807, 2.05) is 0 Å². The van der Waals surface area contributed by atoms with Crippen molar-refractivity contribution in [2.75, 3.05) is 25.6 Å². The Labute approximate surface area is 120 Å². The van der Waals surface area contributed by atoms with Crippen LogP contribution in [0.3, 0.4) is 0 Å². The molecular formula is C12H24N2O5S. The number of rotatable bonds is 7. The van der Waals surface area contributed by atoms with E-state index in [-0.39, 0.29) is 12.4 Å². The van der Waals surface area contributed by atoms with E-state index in [0.717, 1.165) is 0 Å². The van der Waals surface area contributed by atoms with Gasteiger partial charge in [0.25, 0.3) is 0 Å². The van der Waals surface area contributed by atoms with Crippen molar-refractivity contribution >= 4 is 15.9 Å². The van der Waals surface area contributed by atoms with Crippen molar-refractivity contribution in [3.8, 4) is 0 Å². The number of ether oxygens (including phenoxy) is 1. The van der Waals surface area contributed by atoms with Gasteiger partial charge in [0.15, 0.2) is 0 Å². The molecule has 8 heteroatoms. The lowest BCUT2D eigenvalue weighted by Gasteiger charge is -2.37. The van der Waals surface area contributed by atoms with Crippen molar-refractivity contribution < 1.29 is 23.1 Å². The summed E-state index contributed by atoms with van der Waals surface area (Å²) in [5.74, 6) is -0.440. The molecule has 0 aliphatic carbocycles. The van der Waals surface area contributed by atoms with E-state index in [1.165, 1.54) is 6.92 Å². The molecule has 1 aliphatic heterocycles. The van der Waals surface area contributed by atoms with Gasteiger partial charge < -0.3 is 15.2 Å². The Bertz CT molecular complexity index is 418. The Hall–Kier alpha value is -0.700. The first-order valence-electron chi connectivity index (χ1n) is 6.85. The maximum Gasteiger partial charge on any atom is 0.238 e. The van der Waals surface area contributed by atoms with E-state index in [1.54, 1.807) is 6.92 Å². The van der Waals surface area contributed by atoms with Gasteiger partial charge in [0.2, 0.25) is 15.9 Å². The second-order valence-electron chi connectivity index (χ2n) is 5.20. The third-order valence-electron chi connectivity index (χ3n) is 3.36. The third kappa shape index (κ3) is 5.01.